The van der Waals surface area contributed by atoms with E-state index in [9.17, 15) is 5.11 Å². The molecule has 6 rings (SSSR count). The maximum atomic E-state index is 10.8. The highest BCUT2D eigenvalue weighted by molar-refractivity contribution is 6.30. The van der Waals surface area contributed by atoms with Gasteiger partial charge in [0.15, 0.2) is 0 Å². The number of hydrogen-bond acceptors (Lipinski definition) is 3. The Morgan fingerprint density at radius 1 is 1.03 bits per heavy atom. The molecule has 0 radical (unpaired) electrons. The van der Waals surface area contributed by atoms with Crippen LogP contribution >= 0.6 is 11.6 Å². The minimum atomic E-state index is -0.420. The highest BCUT2D eigenvalue weighted by Gasteiger charge is 2.53. The molecule has 1 aromatic heterocycles. The van der Waals surface area contributed by atoms with Crippen molar-refractivity contribution in [3.05, 3.63) is 99.8 Å². The summed E-state index contributed by atoms with van der Waals surface area (Å²) < 4.78 is 0. The summed E-state index contributed by atoms with van der Waals surface area (Å²) in [4.78, 5) is 6.79. The Morgan fingerprint density at radius 3 is 2.65 bits per heavy atom. The molecule has 1 fully saturated rings. The molecule has 158 valence electrons. The number of rotatable bonds is 4. The van der Waals surface area contributed by atoms with Crippen LogP contribution in [0.15, 0.2) is 67.0 Å². The summed E-state index contributed by atoms with van der Waals surface area (Å²) in [5, 5.41) is 11.7. The van der Waals surface area contributed by atoms with Gasteiger partial charge in [0.1, 0.15) is 0 Å². The zero-order valence-corrected chi connectivity index (χ0v) is 18.3. The number of nitrogens with zero attached hydrogens (tertiary/aromatic N) is 2. The largest absolute Gasteiger partial charge is 0.388 e. The van der Waals surface area contributed by atoms with Crippen LogP contribution in [0.1, 0.15) is 59.1 Å². The Bertz CT molecular complexity index is 1110. The predicted octanol–water partition coefficient (Wildman–Crippen LogP) is 5.32. The summed E-state index contributed by atoms with van der Waals surface area (Å²) in [6, 6.07) is 19.4. The van der Waals surface area contributed by atoms with Crippen molar-refractivity contribution in [2.45, 2.75) is 36.7 Å². The van der Waals surface area contributed by atoms with Crippen LogP contribution in [0.25, 0.3) is 0 Å². The number of benzene rings is 2. The van der Waals surface area contributed by atoms with Gasteiger partial charge in [0.25, 0.3) is 0 Å². The van der Waals surface area contributed by atoms with Crippen molar-refractivity contribution in [2.75, 3.05) is 19.6 Å². The first-order valence-corrected chi connectivity index (χ1v) is 11.7. The van der Waals surface area contributed by atoms with Crippen LogP contribution in [-0.2, 0) is 5.41 Å². The maximum Gasteiger partial charge on any atom is 0.0833 e. The third kappa shape index (κ3) is 3.06. The Labute approximate surface area is 188 Å². The summed E-state index contributed by atoms with van der Waals surface area (Å²) in [5.74, 6) is 0.792. The molecular formula is C27H27ClN2O. The fraction of sp³-hybridized carbons (Fsp3) is 0.370. The molecule has 2 bridgehead atoms. The van der Waals surface area contributed by atoms with Crippen molar-refractivity contribution in [2.24, 2.45) is 5.92 Å². The SMILES string of the molecule is O[C@@H](c1cccnc1)C1CCN(CC23C[C@H](c4ccccc42)c2ccc(Cl)cc23)CC1. The molecule has 3 nitrogen and oxygen atoms in total. The third-order valence-corrected chi connectivity index (χ3v) is 8.14. The van der Waals surface area contributed by atoms with E-state index >= 15 is 0 Å². The van der Waals surface area contributed by atoms with Crippen molar-refractivity contribution in [1.82, 2.24) is 9.88 Å². The van der Waals surface area contributed by atoms with Gasteiger partial charge >= 0.3 is 0 Å². The van der Waals surface area contributed by atoms with Gasteiger partial charge in [-0.25, -0.2) is 0 Å². The molecule has 3 atom stereocenters. The summed E-state index contributed by atoms with van der Waals surface area (Å²) in [5.41, 5.74) is 6.86. The van der Waals surface area contributed by atoms with Crippen molar-refractivity contribution in [3.8, 4) is 0 Å². The van der Waals surface area contributed by atoms with E-state index in [1.165, 1.54) is 22.3 Å². The van der Waals surface area contributed by atoms with Gasteiger partial charge in [0.05, 0.1) is 6.10 Å². The second-order valence-electron chi connectivity index (χ2n) is 9.50. The van der Waals surface area contributed by atoms with E-state index in [1.807, 2.05) is 18.2 Å². The van der Waals surface area contributed by atoms with Crippen LogP contribution in [0.4, 0.5) is 0 Å². The van der Waals surface area contributed by atoms with E-state index in [-0.39, 0.29) is 5.41 Å². The fourth-order valence-corrected chi connectivity index (χ4v) is 6.62. The highest BCUT2D eigenvalue weighted by atomic mass is 35.5. The van der Waals surface area contributed by atoms with Gasteiger partial charge in [-0.3, -0.25) is 4.98 Å². The summed E-state index contributed by atoms with van der Waals surface area (Å²) in [6.45, 7) is 3.07. The topological polar surface area (TPSA) is 36.4 Å². The predicted molar refractivity (Wildman–Crippen MR) is 123 cm³/mol. The number of pyridine rings is 1. The Balaban J connectivity index is 1.25. The number of likely N-dealkylation sites (tertiary alicyclic amines) is 1. The highest BCUT2D eigenvalue weighted by Crippen LogP contribution is 2.60. The molecule has 2 heterocycles. The molecule has 1 saturated heterocycles. The molecule has 3 aromatic rings. The summed E-state index contributed by atoms with van der Waals surface area (Å²) in [6.07, 6.45) is 6.32. The molecule has 0 spiro atoms. The standard InChI is InChI=1S/C27H27ClN2O/c28-20-7-8-22-23-15-27(25(22)14-20,24-6-2-1-5-21(23)24)17-30-12-9-18(10-13-30)26(31)19-4-3-11-29-16-19/h1-8,11,14,16,18,23,26,31H,9-10,12-13,15,17H2/t23-,26-,27?/m1/s1. The summed E-state index contributed by atoms with van der Waals surface area (Å²) in [7, 11) is 0. The monoisotopic (exact) mass is 430 g/mol. The van der Waals surface area contributed by atoms with Crippen molar-refractivity contribution in [3.63, 3.8) is 0 Å². The van der Waals surface area contributed by atoms with E-state index in [2.05, 4.69) is 46.3 Å². The molecule has 4 heteroatoms. The van der Waals surface area contributed by atoms with E-state index in [1.54, 1.807) is 12.4 Å². The molecule has 2 aliphatic carbocycles. The van der Waals surface area contributed by atoms with Crippen molar-refractivity contribution in [1.29, 1.82) is 0 Å². The smallest absolute Gasteiger partial charge is 0.0833 e. The lowest BCUT2D eigenvalue weighted by Crippen LogP contribution is -2.44. The number of aromatic nitrogens is 1. The zero-order chi connectivity index (χ0) is 21.0. The second kappa shape index (κ2) is 7.44. The maximum absolute atomic E-state index is 10.8. The van der Waals surface area contributed by atoms with Gasteiger partial charge in [0, 0.05) is 35.3 Å². The number of aliphatic hydroxyl groups is 1. The lowest BCUT2D eigenvalue weighted by molar-refractivity contribution is 0.0538. The van der Waals surface area contributed by atoms with Gasteiger partial charge < -0.3 is 10.0 Å². The van der Waals surface area contributed by atoms with Gasteiger partial charge in [0.2, 0.25) is 0 Å². The van der Waals surface area contributed by atoms with Crippen LogP contribution in [0.5, 0.6) is 0 Å². The van der Waals surface area contributed by atoms with Crippen molar-refractivity contribution >= 4 is 11.6 Å². The van der Waals surface area contributed by atoms with Gasteiger partial charge in [-0.2, -0.15) is 0 Å². The first-order valence-electron chi connectivity index (χ1n) is 11.4. The minimum absolute atomic E-state index is 0.0380. The summed E-state index contributed by atoms with van der Waals surface area (Å²) >= 11 is 6.46. The molecule has 31 heavy (non-hydrogen) atoms. The van der Waals surface area contributed by atoms with Crippen LogP contribution in [0.2, 0.25) is 5.02 Å². The molecule has 3 aliphatic rings. The third-order valence-electron chi connectivity index (χ3n) is 7.91. The minimum Gasteiger partial charge on any atom is -0.388 e. The Morgan fingerprint density at radius 2 is 1.84 bits per heavy atom. The normalized spacial score (nSPS) is 25.9. The molecule has 1 aliphatic heterocycles. The van der Waals surface area contributed by atoms with Gasteiger partial charge in [-0.15, -0.1) is 0 Å². The first kappa shape index (κ1) is 19.5. The number of aliphatic hydroxyl groups excluding tert-OH is 1. The number of piperidine rings is 1. The van der Waals surface area contributed by atoms with Crippen molar-refractivity contribution < 1.29 is 5.11 Å². The number of hydrogen-bond donors (Lipinski definition) is 1. The molecule has 1 unspecified atom stereocenters. The zero-order valence-electron chi connectivity index (χ0n) is 17.5. The number of fused-ring (bicyclic) bond motifs is 8. The molecular weight excluding hydrogens is 404 g/mol. The average molecular weight is 431 g/mol. The lowest BCUT2D eigenvalue weighted by atomic mass is 9.74. The Kier molecular flexibility index (Phi) is 4.68. The quantitative estimate of drug-likeness (QED) is 0.608. The van der Waals surface area contributed by atoms with E-state index < -0.39 is 6.10 Å². The van der Waals surface area contributed by atoms with Gasteiger partial charge in [-0.1, -0.05) is 48.0 Å². The van der Waals surface area contributed by atoms with Gasteiger partial charge in [-0.05, 0) is 84.3 Å². The van der Waals surface area contributed by atoms with Crippen LogP contribution in [0.3, 0.4) is 0 Å². The van der Waals surface area contributed by atoms with E-state index in [0.29, 0.717) is 11.8 Å². The van der Waals surface area contributed by atoms with Crippen LogP contribution in [0, 0.1) is 5.92 Å². The molecule has 1 N–H and O–H groups in total. The lowest BCUT2D eigenvalue weighted by Gasteiger charge is -2.40. The van der Waals surface area contributed by atoms with Crippen LogP contribution < -0.4 is 0 Å². The first-order chi connectivity index (χ1) is 15.2. The van der Waals surface area contributed by atoms with Crippen LogP contribution in [-0.4, -0.2) is 34.6 Å². The fourth-order valence-electron chi connectivity index (χ4n) is 6.45. The van der Waals surface area contributed by atoms with E-state index in [0.717, 1.165) is 49.5 Å². The average Bonchev–Trinajstić information content (AvgIpc) is 3.31. The molecule has 0 saturated carbocycles. The Hall–Kier alpha value is -2.20. The van der Waals surface area contributed by atoms with E-state index in [4.69, 9.17) is 11.6 Å². The molecule has 2 aromatic carbocycles. The molecule has 0 amide bonds. The second-order valence-corrected chi connectivity index (χ2v) is 9.94. The number of halogens is 1.